The Morgan fingerprint density at radius 3 is 2.47 bits per heavy atom. The summed E-state index contributed by atoms with van der Waals surface area (Å²) < 4.78 is 6.47. The van der Waals surface area contributed by atoms with Gasteiger partial charge in [0, 0.05) is 19.9 Å². The van der Waals surface area contributed by atoms with Gasteiger partial charge in [-0.15, -0.1) is 0 Å². The molecule has 0 heterocycles. The van der Waals surface area contributed by atoms with E-state index in [4.69, 9.17) is 16.3 Å². The fourth-order valence-corrected chi connectivity index (χ4v) is 3.06. The van der Waals surface area contributed by atoms with Crippen molar-refractivity contribution in [3.05, 3.63) is 63.1 Å². The van der Waals surface area contributed by atoms with E-state index in [9.17, 15) is 0 Å². The predicted molar refractivity (Wildman–Crippen MR) is 87.5 cm³/mol. The minimum Gasteiger partial charge on any atom is -0.496 e. The zero-order valence-electron chi connectivity index (χ0n) is 10.4. The molecule has 0 aliphatic rings. The number of alkyl halides is 1. The molecule has 0 spiro atoms. The van der Waals surface area contributed by atoms with Gasteiger partial charge in [-0.25, -0.2) is 0 Å². The lowest BCUT2D eigenvalue weighted by molar-refractivity contribution is 0.409. The smallest absolute Gasteiger partial charge is 0.124 e. The van der Waals surface area contributed by atoms with Crippen molar-refractivity contribution in [1.82, 2.24) is 0 Å². The molecule has 1 atom stereocenters. The van der Waals surface area contributed by atoms with Crippen LogP contribution in [0.1, 0.15) is 16.0 Å². The maximum atomic E-state index is 5.98. The first kappa shape index (κ1) is 14.9. The lowest BCUT2D eigenvalue weighted by Crippen LogP contribution is -1.98. The summed E-state index contributed by atoms with van der Waals surface area (Å²) in [6, 6.07) is 14.0. The van der Waals surface area contributed by atoms with Crippen LogP contribution in [0.3, 0.4) is 0 Å². The van der Waals surface area contributed by atoms with Crippen molar-refractivity contribution in [3.63, 3.8) is 0 Å². The molecule has 0 aromatic heterocycles. The summed E-state index contributed by atoms with van der Waals surface area (Å²) in [5, 5.41) is 0.684. The Morgan fingerprint density at radius 1 is 1.16 bits per heavy atom. The van der Waals surface area contributed by atoms with Gasteiger partial charge in [-0.05, 0) is 36.2 Å². The van der Waals surface area contributed by atoms with E-state index in [1.807, 2.05) is 30.3 Å². The van der Waals surface area contributed by atoms with Crippen molar-refractivity contribution in [1.29, 1.82) is 0 Å². The topological polar surface area (TPSA) is 9.23 Å². The van der Waals surface area contributed by atoms with Crippen molar-refractivity contribution in [3.8, 4) is 5.75 Å². The van der Waals surface area contributed by atoms with Crippen molar-refractivity contribution < 1.29 is 4.74 Å². The summed E-state index contributed by atoms with van der Waals surface area (Å²) in [5.74, 6) is 0.812. The molecule has 1 unspecified atom stereocenters. The second-order valence-corrected chi connectivity index (χ2v) is 6.64. The van der Waals surface area contributed by atoms with Gasteiger partial charge >= 0.3 is 0 Å². The maximum absolute atomic E-state index is 5.98. The van der Waals surface area contributed by atoms with E-state index in [1.54, 1.807) is 7.11 Å². The highest BCUT2D eigenvalue weighted by molar-refractivity contribution is 9.10. The van der Waals surface area contributed by atoms with Crippen LogP contribution in [-0.4, -0.2) is 7.11 Å². The zero-order chi connectivity index (χ0) is 13.8. The van der Waals surface area contributed by atoms with Crippen molar-refractivity contribution in [2.45, 2.75) is 11.2 Å². The molecule has 0 radical (unpaired) electrons. The lowest BCUT2D eigenvalue weighted by Gasteiger charge is -2.14. The van der Waals surface area contributed by atoms with E-state index < -0.39 is 0 Å². The van der Waals surface area contributed by atoms with Crippen LogP contribution < -0.4 is 4.74 Å². The second-order valence-electron chi connectivity index (χ2n) is 4.18. The van der Waals surface area contributed by atoms with Gasteiger partial charge < -0.3 is 4.74 Å². The van der Waals surface area contributed by atoms with E-state index in [0.29, 0.717) is 5.02 Å². The van der Waals surface area contributed by atoms with Gasteiger partial charge in [0.25, 0.3) is 0 Å². The number of hydrogen-bond donors (Lipinski definition) is 0. The average Bonchev–Trinajstić information content (AvgIpc) is 2.41. The van der Waals surface area contributed by atoms with Crippen LogP contribution in [0.5, 0.6) is 5.75 Å². The molecule has 2 aromatic carbocycles. The first-order chi connectivity index (χ1) is 9.10. The summed E-state index contributed by atoms with van der Waals surface area (Å²) in [4.78, 5) is 0.195. The maximum Gasteiger partial charge on any atom is 0.124 e. The van der Waals surface area contributed by atoms with Gasteiger partial charge in [0.15, 0.2) is 0 Å². The Bertz CT molecular complexity index is 555. The molecule has 0 amide bonds. The minimum absolute atomic E-state index is 0.195. The highest BCUT2D eigenvalue weighted by atomic mass is 79.9. The highest BCUT2D eigenvalue weighted by Crippen LogP contribution is 2.35. The van der Waals surface area contributed by atoms with Gasteiger partial charge in [0.05, 0.1) is 7.11 Å². The van der Waals surface area contributed by atoms with E-state index in [1.165, 1.54) is 5.56 Å². The molecule has 0 saturated carbocycles. The zero-order valence-corrected chi connectivity index (χ0v) is 14.3. The Kier molecular flexibility index (Phi) is 5.31. The summed E-state index contributed by atoms with van der Waals surface area (Å²) in [6.45, 7) is 0. The SMILES string of the molecule is COc1cc(Cl)ccc1C(Br)Cc1ccc(Br)cc1. The van der Waals surface area contributed by atoms with Gasteiger partial charge in [-0.3, -0.25) is 0 Å². The first-order valence-corrected chi connectivity index (χ1v) is 7.91. The Morgan fingerprint density at radius 2 is 1.84 bits per heavy atom. The van der Waals surface area contributed by atoms with Crippen LogP contribution in [0.15, 0.2) is 46.9 Å². The number of rotatable bonds is 4. The summed E-state index contributed by atoms with van der Waals surface area (Å²) in [5.41, 5.74) is 2.37. The minimum atomic E-state index is 0.195. The monoisotopic (exact) mass is 402 g/mol. The van der Waals surface area contributed by atoms with Gasteiger partial charge in [0.2, 0.25) is 0 Å². The Hall–Kier alpha value is -0.510. The molecule has 100 valence electrons. The molecule has 2 aromatic rings. The van der Waals surface area contributed by atoms with Crippen molar-refractivity contribution in [2.24, 2.45) is 0 Å². The first-order valence-electron chi connectivity index (χ1n) is 5.82. The number of benzene rings is 2. The molecule has 4 heteroatoms. The van der Waals surface area contributed by atoms with E-state index in [2.05, 4.69) is 44.0 Å². The van der Waals surface area contributed by atoms with Crippen molar-refractivity contribution >= 4 is 43.5 Å². The summed E-state index contributed by atoms with van der Waals surface area (Å²) >= 11 is 13.1. The molecule has 0 bridgehead atoms. The number of hydrogen-bond acceptors (Lipinski definition) is 1. The largest absolute Gasteiger partial charge is 0.496 e. The average molecular weight is 405 g/mol. The third-order valence-corrected chi connectivity index (χ3v) is 4.44. The molecule has 0 N–H and O–H groups in total. The number of ether oxygens (including phenoxy) is 1. The molecule has 0 aliphatic heterocycles. The molecule has 2 rings (SSSR count). The van der Waals surface area contributed by atoms with Crippen molar-refractivity contribution in [2.75, 3.05) is 7.11 Å². The van der Waals surface area contributed by atoms with E-state index in [-0.39, 0.29) is 4.83 Å². The fourth-order valence-electron chi connectivity index (χ4n) is 1.88. The Balaban J connectivity index is 2.19. The second kappa shape index (κ2) is 6.78. The molecular formula is C15H13Br2ClO. The van der Waals surface area contributed by atoms with Gasteiger partial charge in [-0.1, -0.05) is 61.7 Å². The van der Waals surface area contributed by atoms with Crippen LogP contribution in [0.25, 0.3) is 0 Å². The Labute approximate surface area is 135 Å². The lowest BCUT2D eigenvalue weighted by atomic mass is 10.0. The third kappa shape index (κ3) is 3.98. The van der Waals surface area contributed by atoms with Crippen LogP contribution in [0, 0.1) is 0 Å². The fraction of sp³-hybridized carbons (Fsp3) is 0.200. The summed E-state index contributed by atoms with van der Waals surface area (Å²) in [6.07, 6.45) is 0.894. The summed E-state index contributed by atoms with van der Waals surface area (Å²) in [7, 11) is 1.66. The molecule has 1 nitrogen and oxygen atoms in total. The normalized spacial score (nSPS) is 12.2. The van der Waals surface area contributed by atoms with Crippen LogP contribution in [-0.2, 0) is 6.42 Å². The molecule has 0 saturated heterocycles. The molecule has 19 heavy (non-hydrogen) atoms. The van der Waals surface area contributed by atoms with Crippen LogP contribution in [0.2, 0.25) is 5.02 Å². The standard InChI is InChI=1S/C15H13Br2ClO/c1-19-15-9-12(18)6-7-13(15)14(17)8-10-2-4-11(16)5-3-10/h2-7,9,14H,8H2,1H3. The third-order valence-electron chi connectivity index (χ3n) is 2.86. The molecule has 0 fully saturated rings. The van der Waals surface area contributed by atoms with E-state index in [0.717, 1.165) is 22.2 Å². The van der Waals surface area contributed by atoms with E-state index >= 15 is 0 Å². The number of halogens is 3. The van der Waals surface area contributed by atoms with Crippen LogP contribution >= 0.6 is 43.5 Å². The molecule has 0 aliphatic carbocycles. The predicted octanol–water partition coefficient (Wildman–Crippen LogP) is 5.79. The quantitative estimate of drug-likeness (QED) is 0.586. The van der Waals surface area contributed by atoms with Gasteiger partial charge in [0.1, 0.15) is 5.75 Å². The number of methoxy groups -OCH3 is 1. The van der Waals surface area contributed by atoms with Crippen LogP contribution in [0.4, 0.5) is 0 Å². The molecular weight excluding hydrogens is 391 g/mol. The van der Waals surface area contributed by atoms with Gasteiger partial charge in [-0.2, -0.15) is 0 Å². The highest BCUT2D eigenvalue weighted by Gasteiger charge is 2.14.